The summed E-state index contributed by atoms with van der Waals surface area (Å²) >= 11 is 0. The Hall–Kier alpha value is -1.19. The lowest BCUT2D eigenvalue weighted by Crippen LogP contribution is -3.27. The smallest absolute Gasteiger partial charge is 0.127 e. The first kappa shape index (κ1) is 14.4. The van der Waals surface area contributed by atoms with E-state index in [0.717, 1.165) is 24.3 Å². The van der Waals surface area contributed by atoms with Crippen LogP contribution in [0.2, 0.25) is 0 Å². The monoisotopic (exact) mass is 302 g/mol. The maximum atomic E-state index is 13.0. The molecule has 0 unspecified atom stereocenters. The Bertz CT molecular complexity index is 531. The molecule has 0 radical (unpaired) electrons. The zero-order chi connectivity index (χ0) is 14.9. The summed E-state index contributed by atoms with van der Waals surface area (Å²) in [5.74, 6) is 2.61. The van der Waals surface area contributed by atoms with Crippen LogP contribution in [-0.2, 0) is 6.54 Å². The van der Waals surface area contributed by atoms with Crippen LogP contribution in [-0.4, -0.2) is 32.7 Å². The molecule has 118 valence electrons. The van der Waals surface area contributed by atoms with E-state index in [-0.39, 0.29) is 5.82 Å². The van der Waals surface area contributed by atoms with E-state index in [1.165, 1.54) is 51.1 Å². The van der Waals surface area contributed by atoms with Crippen molar-refractivity contribution in [3.8, 4) is 0 Å². The van der Waals surface area contributed by atoms with Gasteiger partial charge in [0, 0.05) is 11.5 Å². The molecule has 3 aliphatic rings. The summed E-state index contributed by atoms with van der Waals surface area (Å²) in [4.78, 5) is 3.47. The van der Waals surface area contributed by atoms with E-state index in [2.05, 4.69) is 12.2 Å². The van der Waals surface area contributed by atoms with Gasteiger partial charge in [-0.25, -0.2) is 4.39 Å². The van der Waals surface area contributed by atoms with Crippen molar-refractivity contribution in [1.82, 2.24) is 0 Å². The van der Waals surface area contributed by atoms with Crippen LogP contribution >= 0.6 is 0 Å². The van der Waals surface area contributed by atoms with E-state index in [1.807, 2.05) is 17.0 Å². The van der Waals surface area contributed by atoms with Crippen molar-refractivity contribution in [2.45, 2.75) is 19.4 Å². The minimum absolute atomic E-state index is 0.132. The molecule has 2 aliphatic carbocycles. The number of halogens is 1. The molecule has 0 aromatic heterocycles. The average Bonchev–Trinajstić information content (AvgIpc) is 3.14. The van der Waals surface area contributed by atoms with Gasteiger partial charge in [0.2, 0.25) is 0 Å². The molecular weight excluding hydrogens is 275 g/mol. The van der Waals surface area contributed by atoms with Crippen LogP contribution in [0.25, 0.3) is 0 Å². The molecule has 1 saturated carbocycles. The van der Waals surface area contributed by atoms with E-state index in [9.17, 15) is 4.39 Å². The Kier molecular flexibility index (Phi) is 4.01. The first-order valence-corrected chi connectivity index (χ1v) is 8.86. The van der Waals surface area contributed by atoms with Crippen LogP contribution in [0, 0.1) is 23.6 Å². The lowest BCUT2D eigenvalue weighted by Gasteiger charge is -2.32. The second kappa shape index (κ2) is 6.13. The first-order valence-electron chi connectivity index (χ1n) is 8.86. The zero-order valence-electron chi connectivity index (χ0n) is 13.2. The fourth-order valence-corrected chi connectivity index (χ4v) is 4.73. The van der Waals surface area contributed by atoms with Gasteiger partial charge in [0.15, 0.2) is 0 Å². The molecule has 1 aromatic rings. The lowest BCUT2D eigenvalue weighted by molar-refractivity contribution is -1.02. The summed E-state index contributed by atoms with van der Waals surface area (Å²) in [5.41, 5.74) is 1.26. The van der Waals surface area contributed by atoms with Crippen LogP contribution in [0.1, 0.15) is 18.4 Å². The van der Waals surface area contributed by atoms with E-state index in [4.69, 9.17) is 0 Å². The molecule has 4 rings (SSSR count). The van der Waals surface area contributed by atoms with Gasteiger partial charge >= 0.3 is 0 Å². The molecule has 2 fully saturated rings. The van der Waals surface area contributed by atoms with E-state index in [0.29, 0.717) is 0 Å². The molecule has 1 aromatic carbocycles. The molecule has 1 aliphatic heterocycles. The van der Waals surface area contributed by atoms with Crippen LogP contribution < -0.4 is 9.80 Å². The molecule has 2 N–H and O–H groups in total. The van der Waals surface area contributed by atoms with Crippen molar-refractivity contribution in [2.75, 3.05) is 32.7 Å². The number of nitrogens with one attached hydrogen (secondary N) is 2. The molecular formula is C19H27FN2+2. The topological polar surface area (TPSA) is 8.88 Å². The number of allylic oxidation sites excluding steroid dienone is 2. The van der Waals surface area contributed by atoms with Gasteiger partial charge < -0.3 is 9.80 Å². The Morgan fingerprint density at radius 2 is 1.64 bits per heavy atom. The third-order valence-electron chi connectivity index (χ3n) is 6.00. The number of benzene rings is 1. The zero-order valence-corrected chi connectivity index (χ0v) is 13.2. The second-order valence-corrected chi connectivity index (χ2v) is 7.55. The summed E-state index contributed by atoms with van der Waals surface area (Å²) in [7, 11) is 0. The highest BCUT2D eigenvalue weighted by molar-refractivity contribution is 5.14. The minimum Gasteiger partial charge on any atom is -0.325 e. The number of piperazine rings is 1. The van der Waals surface area contributed by atoms with Crippen molar-refractivity contribution in [2.24, 2.45) is 17.8 Å². The van der Waals surface area contributed by atoms with E-state index in [1.54, 1.807) is 17.0 Å². The van der Waals surface area contributed by atoms with Gasteiger partial charge in [-0.15, -0.1) is 0 Å². The number of quaternary nitrogens is 2. The van der Waals surface area contributed by atoms with Crippen LogP contribution in [0.5, 0.6) is 0 Å². The van der Waals surface area contributed by atoms with Crippen LogP contribution in [0.3, 0.4) is 0 Å². The maximum absolute atomic E-state index is 13.0. The average molecular weight is 302 g/mol. The number of fused-ring (bicyclic) bond motifs is 2. The predicted molar refractivity (Wildman–Crippen MR) is 85.2 cm³/mol. The molecule has 3 atom stereocenters. The van der Waals surface area contributed by atoms with Gasteiger partial charge in [-0.3, -0.25) is 0 Å². The summed E-state index contributed by atoms with van der Waals surface area (Å²) in [6.45, 7) is 7.54. The molecule has 1 saturated heterocycles. The SMILES string of the molecule is Fc1ccc(C[NH+]2CC[NH+](C[C@H]3C[C@H]4C=C[C@H]3C4)CC2)cc1. The minimum atomic E-state index is -0.132. The summed E-state index contributed by atoms with van der Waals surface area (Å²) in [6, 6.07) is 7.03. The number of rotatable bonds is 4. The van der Waals surface area contributed by atoms with E-state index < -0.39 is 0 Å². The molecule has 1 heterocycles. The van der Waals surface area contributed by atoms with Gasteiger partial charge in [-0.05, 0) is 36.8 Å². The predicted octanol–water partition coefficient (Wildman–Crippen LogP) is 0.321. The highest BCUT2D eigenvalue weighted by atomic mass is 19.1. The quantitative estimate of drug-likeness (QED) is 0.742. The molecule has 22 heavy (non-hydrogen) atoms. The second-order valence-electron chi connectivity index (χ2n) is 7.55. The van der Waals surface area contributed by atoms with Crippen molar-refractivity contribution < 1.29 is 14.2 Å². The molecule has 2 nitrogen and oxygen atoms in total. The summed E-state index contributed by atoms with van der Waals surface area (Å²) in [5, 5.41) is 0. The Morgan fingerprint density at radius 1 is 0.909 bits per heavy atom. The van der Waals surface area contributed by atoms with Gasteiger partial charge in [-0.2, -0.15) is 0 Å². The van der Waals surface area contributed by atoms with E-state index >= 15 is 0 Å². The van der Waals surface area contributed by atoms with Gasteiger partial charge in [0.25, 0.3) is 0 Å². The third kappa shape index (κ3) is 3.11. The fourth-order valence-electron chi connectivity index (χ4n) is 4.73. The molecule has 0 spiro atoms. The molecule has 0 amide bonds. The van der Waals surface area contributed by atoms with Crippen LogP contribution in [0.4, 0.5) is 4.39 Å². The van der Waals surface area contributed by atoms with Gasteiger partial charge in [0.1, 0.15) is 38.5 Å². The lowest BCUT2D eigenvalue weighted by atomic mass is 9.93. The van der Waals surface area contributed by atoms with Crippen molar-refractivity contribution in [3.63, 3.8) is 0 Å². The van der Waals surface area contributed by atoms with Crippen molar-refractivity contribution in [3.05, 3.63) is 47.8 Å². The van der Waals surface area contributed by atoms with Gasteiger partial charge in [-0.1, -0.05) is 24.3 Å². The summed E-state index contributed by atoms with van der Waals surface area (Å²) < 4.78 is 13.0. The Morgan fingerprint density at radius 3 is 2.27 bits per heavy atom. The van der Waals surface area contributed by atoms with Crippen molar-refractivity contribution in [1.29, 1.82) is 0 Å². The largest absolute Gasteiger partial charge is 0.325 e. The summed E-state index contributed by atoms with van der Waals surface area (Å²) in [6.07, 6.45) is 7.80. The highest BCUT2D eigenvalue weighted by Crippen LogP contribution is 2.42. The maximum Gasteiger partial charge on any atom is 0.127 e. The Labute approximate surface area is 132 Å². The molecule has 3 heteroatoms. The third-order valence-corrected chi connectivity index (χ3v) is 6.00. The highest BCUT2D eigenvalue weighted by Gasteiger charge is 2.38. The number of hydrogen-bond donors (Lipinski definition) is 2. The standard InChI is InChI=1S/C19H25FN2/c20-19-5-2-15(3-6-19)13-21-7-9-22(10-8-21)14-18-12-16-1-4-17(18)11-16/h1-6,16-18H,7-14H2/p+2/t16-,17-,18+/m0/s1. The van der Waals surface area contributed by atoms with Crippen molar-refractivity contribution >= 4 is 0 Å². The first-order chi connectivity index (χ1) is 10.8. The fraction of sp³-hybridized carbons (Fsp3) is 0.579. The number of hydrogen-bond acceptors (Lipinski definition) is 0. The molecule has 2 bridgehead atoms. The van der Waals surface area contributed by atoms with Gasteiger partial charge in [0.05, 0.1) is 6.54 Å². The normalized spacial score (nSPS) is 36.9. The Balaban J connectivity index is 1.24. The van der Waals surface area contributed by atoms with Crippen LogP contribution in [0.15, 0.2) is 36.4 Å².